The van der Waals surface area contributed by atoms with E-state index in [1.54, 1.807) is 19.5 Å². The van der Waals surface area contributed by atoms with Crippen LogP contribution in [0.2, 0.25) is 0 Å². The Morgan fingerprint density at radius 1 is 1.25 bits per heavy atom. The SMILES string of the molecule is COc1cc(C)c(-c2ccncc2C#N)cc1C(C)C. The highest BCUT2D eigenvalue weighted by Gasteiger charge is 2.14. The van der Waals surface area contributed by atoms with Crippen molar-refractivity contribution in [1.29, 1.82) is 5.26 Å². The summed E-state index contributed by atoms with van der Waals surface area (Å²) in [5, 5.41) is 9.24. The Balaban J connectivity index is 2.69. The second-order valence-electron chi connectivity index (χ2n) is 5.10. The highest BCUT2D eigenvalue weighted by Crippen LogP contribution is 2.35. The van der Waals surface area contributed by atoms with E-state index in [0.717, 1.165) is 28.0 Å². The third-order valence-electron chi connectivity index (χ3n) is 3.43. The monoisotopic (exact) mass is 266 g/mol. The number of hydrogen-bond donors (Lipinski definition) is 0. The van der Waals surface area contributed by atoms with Crippen LogP contribution >= 0.6 is 0 Å². The minimum Gasteiger partial charge on any atom is -0.496 e. The van der Waals surface area contributed by atoms with Crippen molar-refractivity contribution in [3.05, 3.63) is 47.3 Å². The number of aryl methyl sites for hydroxylation is 1. The Kier molecular flexibility index (Phi) is 4.05. The second kappa shape index (κ2) is 5.75. The van der Waals surface area contributed by atoms with Crippen molar-refractivity contribution >= 4 is 0 Å². The van der Waals surface area contributed by atoms with Gasteiger partial charge in [0.05, 0.1) is 12.7 Å². The van der Waals surface area contributed by atoms with Gasteiger partial charge in [-0.25, -0.2) is 0 Å². The number of aromatic nitrogens is 1. The fraction of sp³-hybridized carbons (Fsp3) is 0.294. The normalized spacial score (nSPS) is 10.4. The van der Waals surface area contributed by atoms with E-state index in [1.807, 2.05) is 19.1 Å². The van der Waals surface area contributed by atoms with E-state index >= 15 is 0 Å². The summed E-state index contributed by atoms with van der Waals surface area (Å²) in [5.41, 5.74) is 4.82. The lowest BCUT2D eigenvalue weighted by molar-refractivity contribution is 0.407. The molecule has 3 heteroatoms. The lowest BCUT2D eigenvalue weighted by Crippen LogP contribution is -1.98. The maximum absolute atomic E-state index is 9.24. The fourth-order valence-electron chi connectivity index (χ4n) is 2.33. The first-order valence-electron chi connectivity index (χ1n) is 6.61. The van der Waals surface area contributed by atoms with E-state index in [9.17, 15) is 5.26 Å². The standard InChI is InChI=1S/C17H18N2O/c1-11(2)15-8-16(12(3)7-17(15)20-4)14-5-6-19-10-13(14)9-18/h5-8,10-11H,1-4H3. The Labute approximate surface area is 119 Å². The number of nitrogens with zero attached hydrogens (tertiary/aromatic N) is 2. The Morgan fingerprint density at radius 3 is 2.60 bits per heavy atom. The third kappa shape index (κ3) is 2.50. The van der Waals surface area contributed by atoms with E-state index in [4.69, 9.17) is 4.74 Å². The molecule has 0 aliphatic heterocycles. The van der Waals surface area contributed by atoms with E-state index < -0.39 is 0 Å². The van der Waals surface area contributed by atoms with Crippen molar-refractivity contribution in [2.45, 2.75) is 26.7 Å². The zero-order valence-corrected chi connectivity index (χ0v) is 12.3. The molecule has 2 aromatic rings. The summed E-state index contributed by atoms with van der Waals surface area (Å²) in [6, 6.07) is 8.25. The van der Waals surface area contributed by atoms with Crippen LogP contribution in [-0.2, 0) is 0 Å². The zero-order valence-electron chi connectivity index (χ0n) is 12.3. The lowest BCUT2D eigenvalue weighted by atomic mass is 9.91. The van der Waals surface area contributed by atoms with Gasteiger partial charge in [0.15, 0.2) is 0 Å². The smallest absolute Gasteiger partial charge is 0.122 e. The van der Waals surface area contributed by atoms with Crippen LogP contribution in [0.4, 0.5) is 0 Å². The van der Waals surface area contributed by atoms with Crippen molar-refractivity contribution in [2.24, 2.45) is 0 Å². The zero-order chi connectivity index (χ0) is 14.7. The summed E-state index contributed by atoms with van der Waals surface area (Å²) in [5.74, 6) is 1.26. The molecular formula is C17H18N2O. The van der Waals surface area contributed by atoms with Crippen molar-refractivity contribution in [3.8, 4) is 22.9 Å². The molecule has 0 aliphatic carbocycles. The van der Waals surface area contributed by atoms with Crippen molar-refractivity contribution < 1.29 is 4.74 Å². The fourth-order valence-corrected chi connectivity index (χ4v) is 2.33. The van der Waals surface area contributed by atoms with Crippen molar-refractivity contribution in [3.63, 3.8) is 0 Å². The maximum Gasteiger partial charge on any atom is 0.122 e. The largest absolute Gasteiger partial charge is 0.496 e. The van der Waals surface area contributed by atoms with Crippen LogP contribution in [0.25, 0.3) is 11.1 Å². The molecule has 0 bridgehead atoms. The molecule has 0 amide bonds. The number of benzene rings is 1. The molecule has 3 nitrogen and oxygen atoms in total. The van der Waals surface area contributed by atoms with Gasteiger partial charge in [0, 0.05) is 18.0 Å². The molecule has 2 rings (SSSR count). The average Bonchev–Trinajstić information content (AvgIpc) is 2.46. The van der Waals surface area contributed by atoms with Gasteiger partial charge >= 0.3 is 0 Å². The van der Waals surface area contributed by atoms with E-state index in [1.165, 1.54) is 0 Å². The molecule has 0 N–H and O–H groups in total. The van der Waals surface area contributed by atoms with Gasteiger partial charge in [0.1, 0.15) is 11.8 Å². The summed E-state index contributed by atoms with van der Waals surface area (Å²) in [4.78, 5) is 4.02. The summed E-state index contributed by atoms with van der Waals surface area (Å²) in [6.07, 6.45) is 3.32. The molecule has 1 aromatic carbocycles. The highest BCUT2D eigenvalue weighted by molar-refractivity contribution is 5.74. The van der Waals surface area contributed by atoms with Crippen molar-refractivity contribution in [1.82, 2.24) is 4.98 Å². The minimum absolute atomic E-state index is 0.358. The maximum atomic E-state index is 9.24. The molecule has 0 aliphatic rings. The third-order valence-corrected chi connectivity index (χ3v) is 3.43. The van der Waals surface area contributed by atoms with Gasteiger partial charge in [-0.3, -0.25) is 4.98 Å². The molecule has 0 saturated carbocycles. The van der Waals surface area contributed by atoms with Crippen LogP contribution < -0.4 is 4.74 Å². The molecule has 20 heavy (non-hydrogen) atoms. The topological polar surface area (TPSA) is 45.9 Å². The van der Waals surface area contributed by atoms with Gasteiger partial charge in [-0.2, -0.15) is 5.26 Å². The van der Waals surface area contributed by atoms with Gasteiger partial charge < -0.3 is 4.74 Å². The Bertz CT molecular complexity index is 669. The predicted molar refractivity (Wildman–Crippen MR) is 79.8 cm³/mol. The predicted octanol–water partition coefficient (Wildman–Crippen LogP) is 4.06. The number of hydrogen-bond acceptors (Lipinski definition) is 3. The number of ether oxygens (including phenoxy) is 1. The van der Waals surface area contributed by atoms with E-state index in [-0.39, 0.29) is 0 Å². The number of rotatable bonds is 3. The average molecular weight is 266 g/mol. The lowest BCUT2D eigenvalue weighted by Gasteiger charge is -2.16. The van der Waals surface area contributed by atoms with Gasteiger partial charge in [0.25, 0.3) is 0 Å². The van der Waals surface area contributed by atoms with Crippen LogP contribution in [-0.4, -0.2) is 12.1 Å². The van der Waals surface area contributed by atoms with Gasteiger partial charge in [0.2, 0.25) is 0 Å². The van der Waals surface area contributed by atoms with Crippen LogP contribution in [0, 0.1) is 18.3 Å². The molecule has 1 aromatic heterocycles. The first-order chi connectivity index (χ1) is 9.58. The Morgan fingerprint density at radius 2 is 2.00 bits per heavy atom. The van der Waals surface area contributed by atoms with Gasteiger partial charge in [-0.15, -0.1) is 0 Å². The van der Waals surface area contributed by atoms with Crippen LogP contribution in [0.5, 0.6) is 5.75 Å². The van der Waals surface area contributed by atoms with E-state index in [0.29, 0.717) is 11.5 Å². The molecule has 0 fully saturated rings. The van der Waals surface area contributed by atoms with Gasteiger partial charge in [-0.1, -0.05) is 13.8 Å². The first kappa shape index (κ1) is 14.1. The highest BCUT2D eigenvalue weighted by atomic mass is 16.5. The van der Waals surface area contributed by atoms with Crippen molar-refractivity contribution in [2.75, 3.05) is 7.11 Å². The Hall–Kier alpha value is -2.34. The van der Waals surface area contributed by atoms with Crippen LogP contribution in [0.15, 0.2) is 30.6 Å². The molecule has 0 atom stereocenters. The molecule has 0 radical (unpaired) electrons. The van der Waals surface area contributed by atoms with Crippen LogP contribution in [0.1, 0.15) is 36.5 Å². The van der Waals surface area contributed by atoms with Gasteiger partial charge in [-0.05, 0) is 47.7 Å². The quantitative estimate of drug-likeness (QED) is 0.841. The summed E-state index contributed by atoms with van der Waals surface area (Å²) >= 11 is 0. The molecule has 0 unspecified atom stereocenters. The van der Waals surface area contributed by atoms with Crippen LogP contribution in [0.3, 0.4) is 0 Å². The number of pyridine rings is 1. The molecular weight excluding hydrogens is 248 g/mol. The first-order valence-corrected chi connectivity index (χ1v) is 6.61. The minimum atomic E-state index is 0.358. The summed E-state index contributed by atoms with van der Waals surface area (Å²) in [6.45, 7) is 6.30. The number of nitriles is 1. The molecule has 1 heterocycles. The molecule has 0 spiro atoms. The second-order valence-corrected chi connectivity index (χ2v) is 5.10. The molecule has 102 valence electrons. The molecule has 0 saturated heterocycles. The summed E-state index contributed by atoms with van der Waals surface area (Å²) < 4.78 is 5.46. The number of methoxy groups -OCH3 is 1. The summed E-state index contributed by atoms with van der Waals surface area (Å²) in [7, 11) is 1.69. The van der Waals surface area contributed by atoms with E-state index in [2.05, 4.69) is 31.0 Å².